The van der Waals surface area contributed by atoms with Crippen LogP contribution in [0.2, 0.25) is 0 Å². The normalized spacial score (nSPS) is 12.2. The molecule has 7 nitrogen and oxygen atoms in total. The standard InChI is InChI=1S/C29H27F2N3O4/c1-18-5-2-8-20(13-18)15-26(34-27(35)24-12-11-22(30)16-25(24)31)28(36)33-23(17-32)10-4-7-19-6-3-9-21(14-19)29(37)38/h2-3,5-6,8-9,11-14,16,23,26H,4,7,10,15H2,1H3,(H,33,36)(H,34,35)(H,37,38)/t23-,26-/m0/s1. The second-order valence-corrected chi connectivity index (χ2v) is 8.93. The summed E-state index contributed by atoms with van der Waals surface area (Å²) in [5.41, 5.74) is 2.24. The summed E-state index contributed by atoms with van der Waals surface area (Å²) in [6, 6.07) is 16.4. The van der Waals surface area contributed by atoms with Gasteiger partial charge in [-0.2, -0.15) is 5.26 Å². The molecule has 38 heavy (non-hydrogen) atoms. The van der Waals surface area contributed by atoms with Crippen molar-refractivity contribution in [1.82, 2.24) is 10.6 Å². The SMILES string of the molecule is Cc1cccc(C[C@H](NC(=O)c2ccc(F)cc2F)C(=O)N[C@H](C#N)CCCc2cccc(C(=O)O)c2)c1. The highest BCUT2D eigenvalue weighted by molar-refractivity contribution is 5.98. The molecule has 3 aromatic rings. The fourth-order valence-corrected chi connectivity index (χ4v) is 4.01. The van der Waals surface area contributed by atoms with Crippen LogP contribution in [0.5, 0.6) is 0 Å². The molecule has 196 valence electrons. The largest absolute Gasteiger partial charge is 0.478 e. The number of carboxylic acids is 1. The fraction of sp³-hybridized carbons (Fsp3) is 0.241. The second kappa shape index (κ2) is 13.1. The molecule has 9 heteroatoms. The Kier molecular flexibility index (Phi) is 9.66. The molecule has 0 aliphatic rings. The Bertz CT molecular complexity index is 1370. The van der Waals surface area contributed by atoms with Crippen LogP contribution >= 0.6 is 0 Å². The van der Waals surface area contributed by atoms with Crippen molar-refractivity contribution in [2.45, 2.75) is 44.7 Å². The summed E-state index contributed by atoms with van der Waals surface area (Å²) in [6.45, 7) is 1.88. The van der Waals surface area contributed by atoms with E-state index in [2.05, 4.69) is 10.6 Å². The van der Waals surface area contributed by atoms with Crippen LogP contribution in [0.4, 0.5) is 8.78 Å². The van der Waals surface area contributed by atoms with Crippen LogP contribution in [0.15, 0.2) is 66.7 Å². The smallest absolute Gasteiger partial charge is 0.335 e. The summed E-state index contributed by atoms with van der Waals surface area (Å²) >= 11 is 0. The molecule has 3 aromatic carbocycles. The topological polar surface area (TPSA) is 119 Å². The lowest BCUT2D eigenvalue weighted by atomic mass is 10.0. The Morgan fingerprint density at radius 3 is 2.39 bits per heavy atom. The van der Waals surface area contributed by atoms with Gasteiger partial charge in [0.25, 0.3) is 5.91 Å². The minimum absolute atomic E-state index is 0.0855. The van der Waals surface area contributed by atoms with Crippen LogP contribution in [-0.2, 0) is 17.6 Å². The van der Waals surface area contributed by atoms with E-state index >= 15 is 0 Å². The summed E-state index contributed by atoms with van der Waals surface area (Å²) in [5, 5.41) is 23.9. The van der Waals surface area contributed by atoms with Crippen molar-refractivity contribution in [3.63, 3.8) is 0 Å². The van der Waals surface area contributed by atoms with Gasteiger partial charge in [0.1, 0.15) is 23.7 Å². The summed E-state index contributed by atoms with van der Waals surface area (Å²) in [5.74, 6) is -4.43. The van der Waals surface area contributed by atoms with Gasteiger partial charge in [-0.25, -0.2) is 13.6 Å². The summed E-state index contributed by atoms with van der Waals surface area (Å²) in [4.78, 5) is 37.1. The Morgan fingerprint density at radius 2 is 1.71 bits per heavy atom. The number of carboxylic acid groups (broad SMARTS) is 1. The lowest BCUT2D eigenvalue weighted by Gasteiger charge is -2.21. The first-order chi connectivity index (χ1) is 18.2. The number of nitriles is 1. The highest BCUT2D eigenvalue weighted by Gasteiger charge is 2.25. The second-order valence-electron chi connectivity index (χ2n) is 8.93. The van der Waals surface area contributed by atoms with Gasteiger partial charge in [-0.3, -0.25) is 9.59 Å². The molecule has 0 saturated carbocycles. The zero-order valence-corrected chi connectivity index (χ0v) is 20.7. The van der Waals surface area contributed by atoms with Crippen molar-refractivity contribution in [1.29, 1.82) is 5.26 Å². The van der Waals surface area contributed by atoms with Gasteiger partial charge in [-0.05, 0) is 61.6 Å². The highest BCUT2D eigenvalue weighted by Crippen LogP contribution is 2.13. The van der Waals surface area contributed by atoms with E-state index in [9.17, 15) is 28.4 Å². The molecule has 0 spiro atoms. The molecule has 0 unspecified atom stereocenters. The molecule has 3 N–H and O–H groups in total. The van der Waals surface area contributed by atoms with E-state index in [1.54, 1.807) is 30.3 Å². The molecule has 0 radical (unpaired) electrons. The minimum atomic E-state index is -1.13. The Morgan fingerprint density at radius 1 is 0.974 bits per heavy atom. The number of amides is 2. The Hall–Kier alpha value is -4.58. The van der Waals surface area contributed by atoms with Crippen LogP contribution in [0.1, 0.15) is 50.2 Å². The molecule has 3 rings (SSSR count). The number of aryl methyl sites for hydroxylation is 2. The van der Waals surface area contributed by atoms with Gasteiger partial charge in [0.05, 0.1) is 17.2 Å². The zero-order chi connectivity index (χ0) is 27.7. The fourth-order valence-electron chi connectivity index (χ4n) is 4.01. The van der Waals surface area contributed by atoms with Gasteiger partial charge < -0.3 is 15.7 Å². The maximum atomic E-state index is 14.2. The molecule has 0 aliphatic heterocycles. The van der Waals surface area contributed by atoms with Gasteiger partial charge in [0, 0.05) is 12.5 Å². The van der Waals surface area contributed by atoms with Gasteiger partial charge in [0.15, 0.2) is 0 Å². The van der Waals surface area contributed by atoms with Crippen LogP contribution in [0.3, 0.4) is 0 Å². The Balaban J connectivity index is 1.69. The number of carbonyl (C=O) groups is 3. The van der Waals surface area contributed by atoms with Crippen molar-refractivity contribution < 1.29 is 28.3 Å². The molecule has 0 bridgehead atoms. The third-order valence-corrected chi connectivity index (χ3v) is 5.92. The van der Waals surface area contributed by atoms with Gasteiger partial charge in [0.2, 0.25) is 5.91 Å². The predicted molar refractivity (Wildman–Crippen MR) is 136 cm³/mol. The maximum Gasteiger partial charge on any atom is 0.335 e. The number of aromatic carboxylic acids is 1. The number of carbonyl (C=O) groups excluding carboxylic acids is 2. The van der Waals surface area contributed by atoms with Crippen molar-refractivity contribution in [2.75, 3.05) is 0 Å². The average Bonchev–Trinajstić information content (AvgIpc) is 2.87. The predicted octanol–water partition coefficient (Wildman–Crippen LogP) is 4.34. The van der Waals surface area contributed by atoms with Crippen molar-refractivity contribution in [2.24, 2.45) is 0 Å². The monoisotopic (exact) mass is 519 g/mol. The molecule has 2 atom stereocenters. The van der Waals surface area contributed by atoms with E-state index in [1.165, 1.54) is 6.07 Å². The molecule has 0 aliphatic carbocycles. The lowest BCUT2D eigenvalue weighted by Crippen LogP contribution is -2.50. The number of nitrogens with zero attached hydrogens (tertiary/aromatic N) is 1. The summed E-state index contributed by atoms with van der Waals surface area (Å²) in [7, 11) is 0. The third-order valence-electron chi connectivity index (χ3n) is 5.92. The maximum absolute atomic E-state index is 14.2. The van der Waals surface area contributed by atoms with Crippen LogP contribution in [0, 0.1) is 29.9 Å². The van der Waals surface area contributed by atoms with Crippen LogP contribution in [0.25, 0.3) is 0 Å². The lowest BCUT2D eigenvalue weighted by molar-refractivity contribution is -0.123. The quantitative estimate of drug-likeness (QED) is 0.348. The van der Waals surface area contributed by atoms with E-state index in [1.807, 2.05) is 25.1 Å². The first kappa shape index (κ1) is 28.0. The molecule has 0 saturated heterocycles. The average molecular weight is 520 g/mol. The number of nitrogens with one attached hydrogen (secondary N) is 2. The zero-order valence-electron chi connectivity index (χ0n) is 20.7. The number of hydrogen-bond donors (Lipinski definition) is 3. The molecule has 0 heterocycles. The van der Waals surface area contributed by atoms with Crippen LogP contribution < -0.4 is 10.6 Å². The molecule has 2 amide bonds. The molecular weight excluding hydrogens is 492 g/mol. The Labute approximate surface area is 219 Å². The first-order valence-electron chi connectivity index (χ1n) is 12.0. The van der Waals surface area contributed by atoms with Gasteiger partial charge >= 0.3 is 5.97 Å². The highest BCUT2D eigenvalue weighted by atomic mass is 19.1. The molecule has 0 aromatic heterocycles. The van der Waals surface area contributed by atoms with Crippen molar-refractivity contribution in [3.05, 3.63) is 106 Å². The van der Waals surface area contributed by atoms with E-state index in [4.69, 9.17) is 5.11 Å². The number of halogens is 2. The van der Waals surface area contributed by atoms with E-state index < -0.39 is 47.1 Å². The van der Waals surface area contributed by atoms with Crippen molar-refractivity contribution in [3.8, 4) is 6.07 Å². The number of hydrogen-bond acceptors (Lipinski definition) is 4. The van der Waals surface area contributed by atoms with Crippen molar-refractivity contribution >= 4 is 17.8 Å². The summed E-state index contributed by atoms with van der Waals surface area (Å²) in [6.07, 6.45) is 1.37. The summed E-state index contributed by atoms with van der Waals surface area (Å²) < 4.78 is 27.5. The number of rotatable bonds is 11. The first-order valence-corrected chi connectivity index (χ1v) is 12.0. The van der Waals surface area contributed by atoms with E-state index in [0.29, 0.717) is 18.9 Å². The van der Waals surface area contributed by atoms with Gasteiger partial charge in [-0.15, -0.1) is 0 Å². The van der Waals surface area contributed by atoms with E-state index in [-0.39, 0.29) is 18.4 Å². The van der Waals surface area contributed by atoms with Gasteiger partial charge in [-0.1, -0.05) is 42.0 Å². The third kappa shape index (κ3) is 7.96. The van der Waals surface area contributed by atoms with E-state index in [0.717, 1.165) is 28.8 Å². The molecular formula is C29H27F2N3O4. The van der Waals surface area contributed by atoms with Crippen LogP contribution in [-0.4, -0.2) is 35.0 Å². The number of benzene rings is 3. The molecule has 0 fully saturated rings. The minimum Gasteiger partial charge on any atom is -0.478 e.